The topological polar surface area (TPSA) is 71.8 Å². The molecule has 0 spiro atoms. The molecular weight excluding hydrogens is 320 g/mol. The van der Waals surface area contributed by atoms with E-state index in [1.807, 2.05) is 31.2 Å². The molecular formula is C19H22N2O4. The minimum Gasteiger partial charge on any atom is -0.484 e. The Morgan fingerprint density at radius 1 is 1.24 bits per heavy atom. The number of hydrogen-bond acceptors (Lipinski definition) is 4. The Labute approximate surface area is 146 Å². The van der Waals surface area contributed by atoms with Crippen LogP contribution in [-0.4, -0.2) is 42.5 Å². The first-order valence-electron chi connectivity index (χ1n) is 8.43. The van der Waals surface area contributed by atoms with Gasteiger partial charge in [0.05, 0.1) is 6.26 Å². The summed E-state index contributed by atoms with van der Waals surface area (Å²) in [6, 6.07) is 11.0. The lowest BCUT2D eigenvalue weighted by Gasteiger charge is -2.32. The number of likely N-dealkylation sites (tertiary alicyclic amines) is 1. The number of carbonyl (C=O) groups excluding carboxylic acids is 2. The Balaban J connectivity index is 1.42. The Kier molecular flexibility index (Phi) is 5.38. The summed E-state index contributed by atoms with van der Waals surface area (Å²) in [6.07, 6.45) is 2.93. The number of nitrogens with one attached hydrogen (secondary N) is 1. The number of hydrogen-bond donors (Lipinski definition) is 1. The zero-order valence-electron chi connectivity index (χ0n) is 14.2. The van der Waals surface area contributed by atoms with Gasteiger partial charge >= 0.3 is 0 Å². The second-order valence-electron chi connectivity index (χ2n) is 6.21. The number of ether oxygens (including phenoxy) is 1. The average molecular weight is 342 g/mol. The van der Waals surface area contributed by atoms with Gasteiger partial charge in [0, 0.05) is 19.1 Å². The SMILES string of the molecule is Cc1cccc(OCC(=O)N2CCC(NC(=O)c3ccco3)CC2)c1. The summed E-state index contributed by atoms with van der Waals surface area (Å²) in [5.74, 6) is 0.772. The van der Waals surface area contributed by atoms with Crippen LogP contribution < -0.4 is 10.1 Å². The average Bonchev–Trinajstić information content (AvgIpc) is 3.15. The van der Waals surface area contributed by atoms with E-state index < -0.39 is 0 Å². The van der Waals surface area contributed by atoms with Crippen LogP contribution in [0, 0.1) is 6.92 Å². The van der Waals surface area contributed by atoms with Crippen LogP contribution in [0.2, 0.25) is 0 Å². The zero-order valence-corrected chi connectivity index (χ0v) is 14.2. The highest BCUT2D eigenvalue weighted by molar-refractivity contribution is 5.91. The molecule has 2 aromatic rings. The van der Waals surface area contributed by atoms with Crippen molar-refractivity contribution < 1.29 is 18.7 Å². The van der Waals surface area contributed by atoms with Crippen molar-refractivity contribution >= 4 is 11.8 Å². The van der Waals surface area contributed by atoms with E-state index in [2.05, 4.69) is 5.32 Å². The standard InChI is InChI=1S/C19H22N2O4/c1-14-4-2-5-16(12-14)25-13-18(22)21-9-7-15(8-10-21)20-19(23)17-6-3-11-24-17/h2-6,11-12,15H,7-10,13H2,1H3,(H,20,23). The summed E-state index contributed by atoms with van der Waals surface area (Å²) >= 11 is 0. The minimum absolute atomic E-state index is 0.0303. The van der Waals surface area contributed by atoms with E-state index in [-0.39, 0.29) is 24.5 Å². The van der Waals surface area contributed by atoms with Gasteiger partial charge < -0.3 is 19.4 Å². The number of aryl methyl sites for hydroxylation is 1. The monoisotopic (exact) mass is 342 g/mol. The van der Waals surface area contributed by atoms with E-state index in [1.165, 1.54) is 6.26 Å². The minimum atomic E-state index is -0.211. The van der Waals surface area contributed by atoms with Gasteiger partial charge in [0.25, 0.3) is 11.8 Å². The van der Waals surface area contributed by atoms with E-state index in [9.17, 15) is 9.59 Å². The molecule has 1 aromatic heterocycles. The quantitative estimate of drug-likeness (QED) is 0.906. The van der Waals surface area contributed by atoms with E-state index >= 15 is 0 Å². The van der Waals surface area contributed by atoms with Gasteiger partial charge in [0.1, 0.15) is 5.75 Å². The lowest BCUT2D eigenvalue weighted by molar-refractivity contribution is -0.134. The van der Waals surface area contributed by atoms with Crippen LogP contribution in [0.4, 0.5) is 0 Å². The first-order chi connectivity index (χ1) is 12.1. The fourth-order valence-electron chi connectivity index (χ4n) is 2.88. The molecule has 0 saturated carbocycles. The molecule has 0 aliphatic carbocycles. The molecule has 1 aromatic carbocycles. The number of benzene rings is 1. The van der Waals surface area contributed by atoms with Crippen molar-refractivity contribution in [2.24, 2.45) is 0 Å². The molecule has 2 amide bonds. The first kappa shape index (κ1) is 17.1. The van der Waals surface area contributed by atoms with Crippen molar-refractivity contribution in [3.05, 3.63) is 54.0 Å². The fraction of sp³-hybridized carbons (Fsp3) is 0.368. The largest absolute Gasteiger partial charge is 0.484 e. The lowest BCUT2D eigenvalue weighted by atomic mass is 10.0. The number of nitrogens with zero attached hydrogens (tertiary/aromatic N) is 1. The molecule has 0 radical (unpaired) electrons. The maximum atomic E-state index is 12.3. The number of rotatable bonds is 5. The summed E-state index contributed by atoms with van der Waals surface area (Å²) in [4.78, 5) is 26.0. The third-order valence-corrected chi connectivity index (χ3v) is 4.28. The molecule has 132 valence electrons. The number of carbonyl (C=O) groups is 2. The smallest absolute Gasteiger partial charge is 0.287 e. The van der Waals surface area contributed by atoms with Gasteiger partial charge in [0.15, 0.2) is 12.4 Å². The second-order valence-corrected chi connectivity index (χ2v) is 6.21. The maximum Gasteiger partial charge on any atom is 0.287 e. The molecule has 6 heteroatoms. The predicted molar refractivity (Wildman–Crippen MR) is 92.5 cm³/mol. The zero-order chi connectivity index (χ0) is 17.6. The van der Waals surface area contributed by atoms with E-state index in [4.69, 9.17) is 9.15 Å². The normalized spacial score (nSPS) is 15.0. The van der Waals surface area contributed by atoms with Crippen molar-refractivity contribution in [3.8, 4) is 5.75 Å². The van der Waals surface area contributed by atoms with Crippen LogP contribution in [0.1, 0.15) is 29.0 Å². The number of amides is 2. The Hall–Kier alpha value is -2.76. The lowest BCUT2D eigenvalue weighted by Crippen LogP contribution is -2.47. The molecule has 25 heavy (non-hydrogen) atoms. The summed E-state index contributed by atoms with van der Waals surface area (Å²) in [7, 11) is 0. The van der Waals surface area contributed by atoms with Gasteiger partial charge in [-0.05, 0) is 49.6 Å². The number of furan rings is 1. The van der Waals surface area contributed by atoms with Crippen LogP contribution in [0.15, 0.2) is 47.1 Å². The third-order valence-electron chi connectivity index (χ3n) is 4.28. The van der Waals surface area contributed by atoms with E-state index in [1.54, 1.807) is 17.0 Å². The molecule has 1 aliphatic heterocycles. The van der Waals surface area contributed by atoms with E-state index in [0.29, 0.717) is 24.6 Å². The molecule has 6 nitrogen and oxygen atoms in total. The van der Waals surface area contributed by atoms with Crippen LogP contribution in [0.3, 0.4) is 0 Å². The molecule has 0 unspecified atom stereocenters. The molecule has 3 rings (SSSR count). The molecule has 2 heterocycles. The van der Waals surface area contributed by atoms with Crippen LogP contribution >= 0.6 is 0 Å². The molecule has 1 aliphatic rings. The molecule has 1 fully saturated rings. The third kappa shape index (κ3) is 4.62. The van der Waals surface area contributed by atoms with Crippen molar-refractivity contribution in [3.63, 3.8) is 0 Å². The predicted octanol–water partition coefficient (Wildman–Crippen LogP) is 2.39. The highest BCUT2D eigenvalue weighted by Gasteiger charge is 2.24. The maximum absolute atomic E-state index is 12.3. The molecule has 1 N–H and O–H groups in total. The summed E-state index contributed by atoms with van der Waals surface area (Å²) in [6.45, 7) is 3.24. The number of piperidine rings is 1. The van der Waals surface area contributed by atoms with E-state index in [0.717, 1.165) is 18.4 Å². The van der Waals surface area contributed by atoms with Gasteiger partial charge in [-0.3, -0.25) is 9.59 Å². The van der Waals surface area contributed by atoms with Crippen molar-refractivity contribution in [2.45, 2.75) is 25.8 Å². The molecule has 0 atom stereocenters. The summed E-state index contributed by atoms with van der Waals surface area (Å²) < 4.78 is 10.7. The van der Waals surface area contributed by atoms with Crippen LogP contribution in [0.25, 0.3) is 0 Å². The Morgan fingerprint density at radius 3 is 2.72 bits per heavy atom. The molecule has 0 bridgehead atoms. The van der Waals surface area contributed by atoms with Crippen LogP contribution in [0.5, 0.6) is 5.75 Å². The van der Waals surface area contributed by atoms with Gasteiger partial charge in [0.2, 0.25) is 0 Å². The van der Waals surface area contributed by atoms with Crippen LogP contribution in [-0.2, 0) is 4.79 Å². The van der Waals surface area contributed by atoms with Crippen molar-refractivity contribution in [1.82, 2.24) is 10.2 Å². The summed E-state index contributed by atoms with van der Waals surface area (Å²) in [5, 5.41) is 2.94. The van der Waals surface area contributed by atoms with Gasteiger partial charge in [-0.2, -0.15) is 0 Å². The Bertz CT molecular complexity index is 719. The first-order valence-corrected chi connectivity index (χ1v) is 8.43. The van der Waals surface area contributed by atoms with Gasteiger partial charge in [-0.15, -0.1) is 0 Å². The highest BCUT2D eigenvalue weighted by atomic mass is 16.5. The Morgan fingerprint density at radius 2 is 2.04 bits per heavy atom. The van der Waals surface area contributed by atoms with Gasteiger partial charge in [-0.25, -0.2) is 0 Å². The van der Waals surface area contributed by atoms with Crippen molar-refractivity contribution in [1.29, 1.82) is 0 Å². The highest BCUT2D eigenvalue weighted by Crippen LogP contribution is 2.14. The fourth-order valence-corrected chi connectivity index (χ4v) is 2.88. The second kappa shape index (κ2) is 7.88. The van der Waals surface area contributed by atoms with Crippen molar-refractivity contribution in [2.75, 3.05) is 19.7 Å². The van der Waals surface area contributed by atoms with Gasteiger partial charge in [-0.1, -0.05) is 12.1 Å². The molecule has 1 saturated heterocycles. The summed E-state index contributed by atoms with van der Waals surface area (Å²) in [5.41, 5.74) is 1.10.